The van der Waals surface area contributed by atoms with Crippen molar-refractivity contribution in [1.29, 1.82) is 0 Å². The van der Waals surface area contributed by atoms with Crippen LogP contribution in [0, 0.1) is 12.8 Å². The minimum Gasteiger partial charge on any atom is -0.396 e. The molecule has 1 heterocycles. The molecule has 1 aliphatic carbocycles. The van der Waals surface area contributed by atoms with Gasteiger partial charge in [-0.15, -0.1) is 0 Å². The van der Waals surface area contributed by atoms with Gasteiger partial charge in [-0.25, -0.2) is 4.68 Å². The molecule has 1 aliphatic rings. The van der Waals surface area contributed by atoms with Crippen LogP contribution in [-0.2, 0) is 0 Å². The first-order valence-corrected chi connectivity index (χ1v) is 8.68. The van der Waals surface area contributed by atoms with Crippen molar-refractivity contribution in [3.63, 3.8) is 0 Å². The summed E-state index contributed by atoms with van der Waals surface area (Å²) in [6.07, 6.45) is 5.35. The van der Waals surface area contributed by atoms with Gasteiger partial charge in [-0.2, -0.15) is 5.10 Å². The second-order valence-corrected chi connectivity index (χ2v) is 6.85. The number of amides is 1. The summed E-state index contributed by atoms with van der Waals surface area (Å²) in [6, 6.07) is 7.57. The summed E-state index contributed by atoms with van der Waals surface area (Å²) in [5, 5.41) is 17.3. The van der Waals surface area contributed by atoms with Gasteiger partial charge in [0.15, 0.2) is 0 Å². The third-order valence-corrected chi connectivity index (χ3v) is 4.98. The predicted octanol–water partition coefficient (Wildman–Crippen LogP) is 3.12. The van der Waals surface area contributed by atoms with Crippen LogP contribution in [-0.4, -0.2) is 33.4 Å². The van der Waals surface area contributed by atoms with Gasteiger partial charge < -0.3 is 10.4 Å². The van der Waals surface area contributed by atoms with Crippen LogP contribution in [0.4, 0.5) is 0 Å². The Morgan fingerprint density at radius 3 is 2.79 bits per heavy atom. The van der Waals surface area contributed by atoms with Crippen LogP contribution in [0.2, 0.25) is 5.02 Å². The summed E-state index contributed by atoms with van der Waals surface area (Å²) in [7, 11) is 0. The summed E-state index contributed by atoms with van der Waals surface area (Å²) in [5.41, 5.74) is 2.21. The van der Waals surface area contributed by atoms with E-state index >= 15 is 0 Å². The fourth-order valence-corrected chi connectivity index (χ4v) is 3.44. The summed E-state index contributed by atoms with van der Waals surface area (Å²) < 4.78 is 1.73. The summed E-state index contributed by atoms with van der Waals surface area (Å²) in [5.74, 6) is 0.290. The van der Waals surface area contributed by atoms with Crippen LogP contribution in [0.5, 0.6) is 0 Å². The Labute approximate surface area is 146 Å². The molecule has 2 aromatic rings. The van der Waals surface area contributed by atoms with Crippen LogP contribution in [0.1, 0.15) is 41.7 Å². The molecule has 0 atom stereocenters. The van der Waals surface area contributed by atoms with Crippen molar-refractivity contribution in [1.82, 2.24) is 15.1 Å². The van der Waals surface area contributed by atoms with Crippen LogP contribution in [0.25, 0.3) is 5.69 Å². The van der Waals surface area contributed by atoms with Gasteiger partial charge in [0.05, 0.1) is 23.1 Å². The Morgan fingerprint density at radius 2 is 2.12 bits per heavy atom. The number of nitrogens with one attached hydrogen (secondary N) is 1. The van der Waals surface area contributed by atoms with Gasteiger partial charge in [-0.05, 0) is 56.7 Å². The number of aliphatic hydroxyl groups excluding tert-OH is 1. The molecule has 1 aromatic carbocycles. The topological polar surface area (TPSA) is 67.2 Å². The van der Waals surface area contributed by atoms with Crippen LogP contribution < -0.4 is 5.32 Å². The molecule has 0 radical (unpaired) electrons. The summed E-state index contributed by atoms with van der Waals surface area (Å²) in [6.45, 7) is 2.12. The monoisotopic (exact) mass is 347 g/mol. The SMILES string of the molecule is Cc1c(C(=O)NC2CCC(CO)CC2)cnn1-c1cccc(Cl)c1. The van der Waals surface area contributed by atoms with E-state index in [-0.39, 0.29) is 18.6 Å². The first kappa shape index (κ1) is 17.0. The van der Waals surface area contributed by atoms with Gasteiger partial charge in [0.1, 0.15) is 0 Å². The standard InChI is InChI=1S/C18H22ClN3O2/c1-12-17(10-20-22(12)16-4-2-3-14(19)9-16)18(24)21-15-7-5-13(11-23)6-8-15/h2-4,9-10,13,15,23H,5-8,11H2,1H3,(H,21,24). The van der Waals surface area contributed by atoms with E-state index in [4.69, 9.17) is 11.6 Å². The van der Waals surface area contributed by atoms with Crippen molar-refractivity contribution in [2.75, 3.05) is 6.61 Å². The molecule has 0 unspecified atom stereocenters. The molecule has 1 aromatic heterocycles. The number of halogens is 1. The van der Waals surface area contributed by atoms with Crippen molar-refractivity contribution >= 4 is 17.5 Å². The lowest BCUT2D eigenvalue weighted by molar-refractivity contribution is 0.0913. The Balaban J connectivity index is 1.70. The molecule has 128 valence electrons. The maximum Gasteiger partial charge on any atom is 0.254 e. The largest absolute Gasteiger partial charge is 0.396 e. The van der Waals surface area contributed by atoms with Crippen LogP contribution >= 0.6 is 11.6 Å². The van der Waals surface area contributed by atoms with Crippen molar-refractivity contribution in [2.45, 2.75) is 38.6 Å². The van der Waals surface area contributed by atoms with Crippen molar-refractivity contribution < 1.29 is 9.90 Å². The molecule has 6 heteroatoms. The second-order valence-electron chi connectivity index (χ2n) is 6.41. The van der Waals surface area contributed by atoms with Gasteiger partial charge in [-0.1, -0.05) is 17.7 Å². The molecule has 24 heavy (non-hydrogen) atoms. The average molecular weight is 348 g/mol. The number of aromatic nitrogens is 2. The van der Waals surface area contributed by atoms with Crippen LogP contribution in [0.3, 0.4) is 0 Å². The molecule has 2 N–H and O–H groups in total. The van der Waals surface area contributed by atoms with Gasteiger partial charge in [-0.3, -0.25) is 4.79 Å². The van der Waals surface area contributed by atoms with E-state index in [2.05, 4.69) is 10.4 Å². The van der Waals surface area contributed by atoms with E-state index in [1.165, 1.54) is 0 Å². The molecular formula is C18H22ClN3O2. The molecule has 5 nitrogen and oxygen atoms in total. The lowest BCUT2D eigenvalue weighted by Gasteiger charge is -2.27. The zero-order valence-corrected chi connectivity index (χ0v) is 14.5. The number of benzene rings is 1. The number of carbonyl (C=O) groups excluding carboxylic acids is 1. The fourth-order valence-electron chi connectivity index (χ4n) is 3.25. The normalized spacial score (nSPS) is 20.8. The molecule has 1 fully saturated rings. The number of rotatable bonds is 4. The van der Waals surface area contributed by atoms with E-state index in [1.54, 1.807) is 16.9 Å². The molecule has 3 rings (SSSR count). The number of carbonyl (C=O) groups is 1. The minimum absolute atomic E-state index is 0.0896. The van der Waals surface area contributed by atoms with Crippen molar-refractivity contribution in [2.24, 2.45) is 5.92 Å². The first-order chi connectivity index (χ1) is 11.6. The van der Waals surface area contributed by atoms with Gasteiger partial charge in [0.2, 0.25) is 0 Å². The van der Waals surface area contributed by atoms with E-state index in [0.717, 1.165) is 37.1 Å². The molecule has 0 spiro atoms. The highest BCUT2D eigenvalue weighted by molar-refractivity contribution is 6.30. The maximum absolute atomic E-state index is 12.6. The number of hydrogen-bond acceptors (Lipinski definition) is 3. The summed E-state index contributed by atoms with van der Waals surface area (Å²) in [4.78, 5) is 12.6. The predicted molar refractivity (Wildman–Crippen MR) is 93.6 cm³/mol. The number of aliphatic hydroxyl groups is 1. The van der Waals surface area contributed by atoms with E-state index in [0.29, 0.717) is 16.5 Å². The van der Waals surface area contributed by atoms with Gasteiger partial charge in [0, 0.05) is 17.7 Å². The maximum atomic E-state index is 12.6. The third kappa shape index (κ3) is 3.62. The fraction of sp³-hybridized carbons (Fsp3) is 0.444. The Bertz CT molecular complexity index is 721. The molecule has 0 aliphatic heterocycles. The molecular weight excluding hydrogens is 326 g/mol. The highest BCUT2D eigenvalue weighted by Crippen LogP contribution is 2.24. The van der Waals surface area contributed by atoms with Crippen molar-refractivity contribution in [3.05, 3.63) is 46.7 Å². The van der Waals surface area contributed by atoms with Gasteiger partial charge in [0.25, 0.3) is 5.91 Å². The summed E-state index contributed by atoms with van der Waals surface area (Å²) >= 11 is 6.03. The molecule has 0 saturated heterocycles. The third-order valence-electron chi connectivity index (χ3n) is 4.75. The first-order valence-electron chi connectivity index (χ1n) is 8.30. The zero-order valence-electron chi connectivity index (χ0n) is 13.7. The van der Waals surface area contributed by atoms with E-state index in [9.17, 15) is 9.90 Å². The second kappa shape index (κ2) is 7.36. The Hall–Kier alpha value is -1.85. The quantitative estimate of drug-likeness (QED) is 0.893. The zero-order chi connectivity index (χ0) is 17.1. The van der Waals surface area contributed by atoms with Crippen molar-refractivity contribution in [3.8, 4) is 5.69 Å². The van der Waals surface area contributed by atoms with E-state index in [1.807, 2.05) is 25.1 Å². The Kier molecular flexibility index (Phi) is 5.21. The minimum atomic E-state index is -0.0896. The smallest absolute Gasteiger partial charge is 0.254 e. The molecule has 1 amide bonds. The molecule has 1 saturated carbocycles. The van der Waals surface area contributed by atoms with E-state index < -0.39 is 0 Å². The number of hydrogen-bond donors (Lipinski definition) is 2. The molecule has 0 bridgehead atoms. The van der Waals surface area contributed by atoms with Gasteiger partial charge >= 0.3 is 0 Å². The highest BCUT2D eigenvalue weighted by atomic mass is 35.5. The number of nitrogens with zero attached hydrogens (tertiary/aromatic N) is 2. The highest BCUT2D eigenvalue weighted by Gasteiger charge is 2.23. The average Bonchev–Trinajstić information content (AvgIpc) is 2.97. The van der Waals surface area contributed by atoms with Crippen LogP contribution in [0.15, 0.2) is 30.5 Å². The lowest BCUT2D eigenvalue weighted by Crippen LogP contribution is -2.38. The lowest BCUT2D eigenvalue weighted by atomic mass is 9.86. The Morgan fingerprint density at radius 1 is 1.38 bits per heavy atom.